The Morgan fingerprint density at radius 3 is 2.80 bits per heavy atom. The highest BCUT2D eigenvalue weighted by Crippen LogP contribution is 2.37. The Morgan fingerprint density at radius 1 is 1.30 bits per heavy atom. The van der Waals surface area contributed by atoms with Gasteiger partial charge in [-0.15, -0.1) is 11.3 Å². The second-order valence-electron chi connectivity index (χ2n) is 7.42. The summed E-state index contributed by atoms with van der Waals surface area (Å²) in [5.41, 5.74) is 0.856. The average Bonchev–Trinajstić information content (AvgIpc) is 3.32. The molecule has 168 valence electrons. The zero-order chi connectivity index (χ0) is 21.9. The number of ether oxygens (including phenoxy) is 1. The molecule has 1 N–H and O–H groups in total. The lowest BCUT2D eigenvalue weighted by Gasteiger charge is -2.18. The van der Waals surface area contributed by atoms with Gasteiger partial charge in [-0.2, -0.15) is 8.78 Å². The summed E-state index contributed by atoms with van der Waals surface area (Å²) in [4.78, 5) is 13.6. The molecule has 0 saturated heterocycles. The highest BCUT2D eigenvalue weighted by atomic mass is 32.2. The van der Waals surface area contributed by atoms with E-state index in [4.69, 9.17) is 14.6 Å². The van der Waals surface area contributed by atoms with Gasteiger partial charge in [-0.25, -0.2) is 9.37 Å². The number of nitrogens with zero attached hydrogens (tertiary/aromatic N) is 1. The van der Waals surface area contributed by atoms with Crippen molar-refractivity contribution in [3.63, 3.8) is 0 Å². The standard InChI is InChI=1S/C19H24F3NOS2.C2H4O2/c20-17(18(21)22)8-7-16-6-2-5-13-3-1-4-14(13)9-10-25-19-23-15(11-24-16)12-26-19;1-2(3)4/h2,5,12-14,16H,1,3-4,6-11H2;1H3,(H,3,4)/b5-2+;/t13?,14-,16?;/m1./s1. The van der Waals surface area contributed by atoms with Gasteiger partial charge in [0.25, 0.3) is 5.97 Å². The number of carboxylic acid groups (broad SMARTS) is 1. The molecule has 2 heterocycles. The van der Waals surface area contributed by atoms with Crippen LogP contribution in [0.25, 0.3) is 0 Å². The van der Waals surface area contributed by atoms with E-state index >= 15 is 0 Å². The fourth-order valence-corrected chi connectivity index (χ4v) is 5.63. The third-order valence-corrected chi connectivity index (χ3v) is 7.21. The largest absolute Gasteiger partial charge is 0.481 e. The Labute approximate surface area is 183 Å². The molecule has 1 aromatic rings. The number of carboxylic acids is 1. The van der Waals surface area contributed by atoms with E-state index in [-0.39, 0.29) is 18.9 Å². The molecule has 3 atom stereocenters. The van der Waals surface area contributed by atoms with Crippen LogP contribution in [0.3, 0.4) is 0 Å². The number of hydrogen-bond donors (Lipinski definition) is 1. The number of fused-ring (bicyclic) bond motifs is 3. The second kappa shape index (κ2) is 13.2. The lowest BCUT2D eigenvalue weighted by molar-refractivity contribution is -0.134. The lowest BCUT2D eigenvalue weighted by atomic mass is 9.93. The first-order chi connectivity index (χ1) is 14.3. The zero-order valence-corrected chi connectivity index (χ0v) is 18.6. The van der Waals surface area contributed by atoms with E-state index in [0.717, 1.165) is 22.7 Å². The van der Waals surface area contributed by atoms with Crippen LogP contribution in [-0.4, -0.2) is 27.9 Å². The molecule has 3 rings (SSSR count). The second-order valence-corrected chi connectivity index (χ2v) is 9.62. The molecule has 30 heavy (non-hydrogen) atoms. The fourth-order valence-electron chi connectivity index (χ4n) is 3.66. The normalized spacial score (nSPS) is 25.3. The summed E-state index contributed by atoms with van der Waals surface area (Å²) in [5, 5.41) is 9.40. The van der Waals surface area contributed by atoms with Gasteiger partial charge >= 0.3 is 6.08 Å². The molecule has 2 aliphatic rings. The topological polar surface area (TPSA) is 59.4 Å². The quantitative estimate of drug-likeness (QED) is 0.498. The van der Waals surface area contributed by atoms with Gasteiger partial charge in [0.1, 0.15) is 4.34 Å². The van der Waals surface area contributed by atoms with Crippen LogP contribution in [0.5, 0.6) is 0 Å². The zero-order valence-electron chi connectivity index (χ0n) is 17.0. The Hall–Kier alpha value is -1.32. The van der Waals surface area contributed by atoms with Gasteiger partial charge < -0.3 is 9.84 Å². The molecule has 4 nitrogen and oxygen atoms in total. The molecule has 9 heteroatoms. The van der Waals surface area contributed by atoms with Crippen molar-refractivity contribution in [2.24, 2.45) is 11.8 Å². The maximum atomic E-state index is 13.2. The van der Waals surface area contributed by atoms with E-state index in [1.54, 1.807) is 23.1 Å². The lowest BCUT2D eigenvalue weighted by Crippen LogP contribution is -2.13. The van der Waals surface area contributed by atoms with Gasteiger partial charge in [-0.1, -0.05) is 30.3 Å². The molecule has 0 amide bonds. The summed E-state index contributed by atoms with van der Waals surface area (Å²) in [5.74, 6) is 0.221. The number of allylic oxidation sites excluding steroid dienone is 2. The predicted octanol–water partition coefficient (Wildman–Crippen LogP) is 6.84. The average molecular weight is 464 g/mol. The van der Waals surface area contributed by atoms with Crippen LogP contribution in [0.15, 0.2) is 33.8 Å². The summed E-state index contributed by atoms with van der Waals surface area (Å²) in [7, 11) is 0. The van der Waals surface area contributed by atoms with Crippen molar-refractivity contribution in [1.29, 1.82) is 0 Å². The Balaban J connectivity index is 0.000000735. The molecule has 1 aliphatic carbocycles. The van der Waals surface area contributed by atoms with Crippen LogP contribution >= 0.6 is 23.1 Å². The molecular formula is C21H28F3NO3S2. The van der Waals surface area contributed by atoms with Gasteiger partial charge in [-0.3, -0.25) is 4.79 Å². The molecular weight excluding hydrogens is 435 g/mol. The van der Waals surface area contributed by atoms with Crippen molar-refractivity contribution in [2.75, 3.05) is 5.75 Å². The molecule has 1 aromatic heterocycles. The van der Waals surface area contributed by atoms with Crippen molar-refractivity contribution < 1.29 is 27.8 Å². The highest BCUT2D eigenvalue weighted by molar-refractivity contribution is 8.01. The maximum Gasteiger partial charge on any atom is 0.301 e. The minimum absolute atomic E-state index is 0.243. The van der Waals surface area contributed by atoms with Crippen LogP contribution in [0, 0.1) is 11.8 Å². The van der Waals surface area contributed by atoms with E-state index in [2.05, 4.69) is 17.1 Å². The van der Waals surface area contributed by atoms with Gasteiger partial charge in [0, 0.05) is 24.5 Å². The summed E-state index contributed by atoms with van der Waals surface area (Å²) in [6.45, 7) is 1.42. The molecule has 1 saturated carbocycles. The number of halogens is 3. The summed E-state index contributed by atoms with van der Waals surface area (Å²) in [6, 6.07) is 0. The number of carbonyl (C=O) groups is 1. The maximum absolute atomic E-state index is 13.2. The fraction of sp³-hybridized carbons (Fsp3) is 0.619. The van der Waals surface area contributed by atoms with E-state index in [1.165, 1.54) is 25.7 Å². The van der Waals surface area contributed by atoms with Crippen LogP contribution in [0.2, 0.25) is 0 Å². The van der Waals surface area contributed by atoms with Crippen LogP contribution < -0.4 is 0 Å². The number of rotatable bonds is 3. The Kier molecular flexibility index (Phi) is 11.0. The smallest absolute Gasteiger partial charge is 0.301 e. The SMILES string of the molecule is CC(=O)O.FC(F)=C(F)CCC1C/C=C/C2CCC[C@@H]2CCSc2nc(cs2)CO1. The van der Waals surface area contributed by atoms with E-state index < -0.39 is 17.9 Å². The summed E-state index contributed by atoms with van der Waals surface area (Å²) in [6.07, 6.45) is 7.38. The number of thiazole rings is 1. The van der Waals surface area contributed by atoms with Crippen molar-refractivity contribution in [3.05, 3.63) is 35.1 Å². The third-order valence-electron chi connectivity index (χ3n) is 5.10. The Bertz CT molecular complexity index is 731. The summed E-state index contributed by atoms with van der Waals surface area (Å²) >= 11 is 3.42. The monoisotopic (exact) mass is 463 g/mol. The minimum Gasteiger partial charge on any atom is -0.481 e. The molecule has 2 bridgehead atoms. The molecule has 0 spiro atoms. The van der Waals surface area contributed by atoms with Crippen molar-refractivity contribution in [2.45, 2.75) is 68.9 Å². The van der Waals surface area contributed by atoms with E-state index in [0.29, 0.717) is 24.9 Å². The van der Waals surface area contributed by atoms with Gasteiger partial charge in [0.2, 0.25) is 0 Å². The van der Waals surface area contributed by atoms with E-state index in [9.17, 15) is 13.2 Å². The first-order valence-electron chi connectivity index (χ1n) is 10.1. The van der Waals surface area contributed by atoms with Crippen LogP contribution in [0.4, 0.5) is 13.2 Å². The van der Waals surface area contributed by atoms with Crippen LogP contribution in [0.1, 0.15) is 57.6 Å². The van der Waals surface area contributed by atoms with Gasteiger partial charge in [0.15, 0.2) is 5.83 Å². The molecule has 2 unspecified atom stereocenters. The van der Waals surface area contributed by atoms with Crippen molar-refractivity contribution >= 4 is 29.1 Å². The number of aromatic nitrogens is 1. The van der Waals surface area contributed by atoms with Gasteiger partial charge in [0.05, 0.1) is 18.4 Å². The summed E-state index contributed by atoms with van der Waals surface area (Å²) < 4.78 is 44.7. The first-order valence-corrected chi connectivity index (χ1v) is 12.0. The number of thioether (sulfide) groups is 1. The van der Waals surface area contributed by atoms with Crippen LogP contribution in [-0.2, 0) is 16.1 Å². The van der Waals surface area contributed by atoms with Crippen molar-refractivity contribution in [1.82, 2.24) is 4.98 Å². The molecule has 0 aromatic carbocycles. The minimum atomic E-state index is -2.23. The number of hydrogen-bond acceptors (Lipinski definition) is 5. The van der Waals surface area contributed by atoms with E-state index in [1.807, 2.05) is 5.38 Å². The Morgan fingerprint density at radius 2 is 2.07 bits per heavy atom. The predicted molar refractivity (Wildman–Crippen MR) is 114 cm³/mol. The van der Waals surface area contributed by atoms with Crippen molar-refractivity contribution in [3.8, 4) is 0 Å². The molecule has 1 fully saturated rings. The first kappa shape index (κ1) is 24.9. The molecule has 1 aliphatic heterocycles. The van der Waals surface area contributed by atoms with Gasteiger partial charge in [-0.05, 0) is 43.9 Å². The highest BCUT2D eigenvalue weighted by Gasteiger charge is 2.25. The number of aliphatic carboxylic acids is 1. The molecule has 0 radical (unpaired) electrons. The third kappa shape index (κ3) is 9.22.